The lowest BCUT2D eigenvalue weighted by molar-refractivity contribution is 0.102. The summed E-state index contributed by atoms with van der Waals surface area (Å²) in [5, 5.41) is 2.92. The highest BCUT2D eigenvalue weighted by Crippen LogP contribution is 2.35. The van der Waals surface area contributed by atoms with Crippen molar-refractivity contribution in [3.8, 4) is 0 Å². The second kappa shape index (κ2) is 12.9. The number of hydrogen-bond acceptors (Lipinski definition) is 4. The van der Waals surface area contributed by atoms with Gasteiger partial charge in [0.05, 0.1) is 11.4 Å². The first kappa shape index (κ1) is 28.6. The van der Waals surface area contributed by atoms with Crippen LogP contribution in [0, 0.1) is 11.8 Å². The van der Waals surface area contributed by atoms with Gasteiger partial charge in [-0.1, -0.05) is 12.1 Å². The first-order valence-corrected chi connectivity index (χ1v) is 11.9. The molecule has 2 aromatic carbocycles. The van der Waals surface area contributed by atoms with Crippen LogP contribution in [-0.2, 0) is 0 Å². The van der Waals surface area contributed by atoms with Crippen molar-refractivity contribution in [1.82, 2.24) is 4.90 Å². The highest BCUT2D eigenvalue weighted by molar-refractivity contribution is 6.05. The maximum Gasteiger partial charge on any atom is 0.255 e. The Morgan fingerprint density at radius 3 is 2.09 bits per heavy atom. The number of nitrogens with one attached hydrogen (secondary N) is 1. The zero-order valence-electron chi connectivity index (χ0n) is 19.5. The van der Waals surface area contributed by atoms with Crippen molar-refractivity contribution in [1.29, 1.82) is 0 Å². The van der Waals surface area contributed by atoms with Crippen molar-refractivity contribution in [3.63, 3.8) is 0 Å². The molecule has 1 saturated heterocycles. The largest absolute Gasteiger partial charge is 0.397 e. The standard InChI is InChI=1S/C26H34N4O.3ClH/c27-24-3-1-2-4-25(24)28-26(31)21-9-11-22(12-10-21)30(18-20-7-8-20)23-13-15-29(16-14-23)17-19-5-6-19;;;/h1-4,9-12,19-20,23H,5-8,13-18,27H2,(H,28,31);3*1H. The molecule has 0 aromatic heterocycles. The molecule has 0 radical (unpaired) electrons. The van der Waals surface area contributed by atoms with Crippen LogP contribution in [0.2, 0.25) is 0 Å². The Balaban J connectivity index is 0.00000136. The van der Waals surface area contributed by atoms with Crippen LogP contribution < -0.4 is 16.0 Å². The van der Waals surface area contributed by atoms with Gasteiger partial charge >= 0.3 is 0 Å². The molecule has 8 heteroatoms. The molecule has 2 saturated carbocycles. The average Bonchev–Trinajstić information content (AvgIpc) is 3.71. The van der Waals surface area contributed by atoms with E-state index in [0.29, 0.717) is 23.0 Å². The molecule has 5 nitrogen and oxygen atoms in total. The van der Waals surface area contributed by atoms with E-state index in [0.717, 1.165) is 18.4 Å². The minimum atomic E-state index is -0.119. The van der Waals surface area contributed by atoms with Gasteiger partial charge in [-0.25, -0.2) is 0 Å². The number of nitrogens with two attached hydrogens (primary N) is 1. The van der Waals surface area contributed by atoms with Crippen LogP contribution in [0.25, 0.3) is 0 Å². The third-order valence-corrected chi connectivity index (χ3v) is 7.03. The average molecular weight is 528 g/mol. The second-order valence-corrected chi connectivity index (χ2v) is 9.66. The topological polar surface area (TPSA) is 61.6 Å². The lowest BCUT2D eigenvalue weighted by Gasteiger charge is -2.40. The zero-order valence-corrected chi connectivity index (χ0v) is 22.0. The lowest BCUT2D eigenvalue weighted by Crippen LogP contribution is -2.46. The summed E-state index contributed by atoms with van der Waals surface area (Å²) in [5.74, 6) is 1.70. The molecule has 188 valence electrons. The smallest absolute Gasteiger partial charge is 0.255 e. The van der Waals surface area contributed by atoms with Gasteiger partial charge in [-0.2, -0.15) is 0 Å². The minimum Gasteiger partial charge on any atom is -0.397 e. The number of hydrogen-bond donors (Lipinski definition) is 2. The number of carbonyl (C=O) groups is 1. The summed E-state index contributed by atoms with van der Waals surface area (Å²) < 4.78 is 0. The van der Waals surface area contributed by atoms with Gasteiger partial charge in [0.1, 0.15) is 0 Å². The SMILES string of the molecule is Cl.Cl.Cl.Nc1ccccc1NC(=O)c1ccc(N(CC2CC2)C2CCN(CC3CC3)CC2)cc1. The Hall–Kier alpha value is -1.66. The summed E-state index contributed by atoms with van der Waals surface area (Å²) in [5.41, 5.74) is 9.12. The molecular formula is C26H37Cl3N4O. The summed E-state index contributed by atoms with van der Waals surface area (Å²) in [6, 6.07) is 16.1. The molecule has 0 atom stereocenters. The number of carbonyl (C=O) groups excluding carboxylic acids is 1. The molecule has 3 N–H and O–H groups in total. The summed E-state index contributed by atoms with van der Waals surface area (Å²) in [6.45, 7) is 4.91. The fourth-order valence-corrected chi connectivity index (χ4v) is 4.73. The van der Waals surface area contributed by atoms with E-state index in [1.807, 2.05) is 30.3 Å². The number of halogens is 3. The highest BCUT2D eigenvalue weighted by Gasteiger charge is 2.32. The van der Waals surface area contributed by atoms with Crippen molar-refractivity contribution in [2.75, 3.05) is 42.1 Å². The van der Waals surface area contributed by atoms with E-state index in [9.17, 15) is 4.79 Å². The number of likely N-dealkylation sites (tertiary alicyclic amines) is 1. The van der Waals surface area contributed by atoms with E-state index in [1.54, 1.807) is 6.07 Å². The number of nitrogens with zero attached hydrogens (tertiary/aromatic N) is 2. The zero-order chi connectivity index (χ0) is 21.2. The molecule has 0 bridgehead atoms. The summed E-state index contributed by atoms with van der Waals surface area (Å²) in [7, 11) is 0. The van der Waals surface area contributed by atoms with Crippen molar-refractivity contribution >= 4 is 60.2 Å². The molecular weight excluding hydrogens is 491 g/mol. The third kappa shape index (κ3) is 7.42. The van der Waals surface area contributed by atoms with E-state index in [1.165, 1.54) is 63.8 Å². The Morgan fingerprint density at radius 2 is 1.50 bits per heavy atom. The van der Waals surface area contributed by atoms with Gasteiger partial charge in [0, 0.05) is 43.5 Å². The number of nitrogen functional groups attached to an aromatic ring is 1. The Bertz CT molecular complexity index is 911. The monoisotopic (exact) mass is 526 g/mol. The fourth-order valence-electron chi connectivity index (χ4n) is 4.73. The van der Waals surface area contributed by atoms with Crippen LogP contribution in [0.4, 0.5) is 17.1 Å². The van der Waals surface area contributed by atoms with Crippen LogP contribution in [0.5, 0.6) is 0 Å². The quantitative estimate of drug-likeness (QED) is 0.421. The van der Waals surface area contributed by atoms with E-state index < -0.39 is 0 Å². The first-order chi connectivity index (χ1) is 15.2. The van der Waals surface area contributed by atoms with Gasteiger partial charge in [-0.05, 0) is 86.8 Å². The summed E-state index contributed by atoms with van der Waals surface area (Å²) >= 11 is 0. The van der Waals surface area contributed by atoms with Crippen molar-refractivity contribution in [3.05, 3.63) is 54.1 Å². The van der Waals surface area contributed by atoms with Crippen molar-refractivity contribution < 1.29 is 4.79 Å². The molecule has 34 heavy (non-hydrogen) atoms. The molecule has 5 rings (SSSR count). The van der Waals surface area contributed by atoms with Crippen LogP contribution in [0.3, 0.4) is 0 Å². The summed E-state index contributed by atoms with van der Waals surface area (Å²) in [4.78, 5) is 18.0. The Labute approximate surface area is 222 Å². The predicted molar refractivity (Wildman–Crippen MR) is 149 cm³/mol. The van der Waals surface area contributed by atoms with Crippen molar-refractivity contribution in [2.24, 2.45) is 11.8 Å². The van der Waals surface area contributed by atoms with E-state index in [-0.39, 0.29) is 43.1 Å². The number of rotatable bonds is 8. The number of amides is 1. The fraction of sp³-hybridized carbons (Fsp3) is 0.500. The highest BCUT2D eigenvalue weighted by atomic mass is 35.5. The van der Waals surface area contributed by atoms with Gasteiger partial charge in [0.25, 0.3) is 5.91 Å². The molecule has 2 aliphatic carbocycles. The molecule has 1 heterocycles. The molecule has 2 aromatic rings. The first-order valence-electron chi connectivity index (χ1n) is 11.9. The predicted octanol–water partition coefficient (Wildman–Crippen LogP) is 5.88. The molecule has 3 fully saturated rings. The number of para-hydroxylation sites is 2. The maximum atomic E-state index is 12.7. The number of benzene rings is 2. The normalized spacial score (nSPS) is 18.1. The molecule has 0 unspecified atom stereocenters. The van der Waals surface area contributed by atoms with Crippen LogP contribution >= 0.6 is 37.2 Å². The van der Waals surface area contributed by atoms with Crippen molar-refractivity contribution in [2.45, 2.75) is 44.6 Å². The molecule has 3 aliphatic rings. The van der Waals surface area contributed by atoms with Gasteiger partial charge < -0.3 is 20.9 Å². The maximum absolute atomic E-state index is 12.7. The van der Waals surface area contributed by atoms with Gasteiger partial charge in [-0.3, -0.25) is 4.79 Å². The number of piperidine rings is 1. The van der Waals surface area contributed by atoms with Crippen LogP contribution in [0.1, 0.15) is 48.9 Å². The van der Waals surface area contributed by atoms with E-state index in [4.69, 9.17) is 5.73 Å². The van der Waals surface area contributed by atoms with Gasteiger partial charge in [0.2, 0.25) is 0 Å². The molecule has 0 spiro atoms. The Morgan fingerprint density at radius 1 is 0.882 bits per heavy atom. The van der Waals surface area contributed by atoms with E-state index >= 15 is 0 Å². The van der Waals surface area contributed by atoms with Gasteiger partial charge in [-0.15, -0.1) is 37.2 Å². The molecule has 1 amide bonds. The lowest BCUT2D eigenvalue weighted by atomic mass is 10.0. The van der Waals surface area contributed by atoms with Crippen LogP contribution in [0.15, 0.2) is 48.5 Å². The van der Waals surface area contributed by atoms with Gasteiger partial charge in [0.15, 0.2) is 0 Å². The molecule has 1 aliphatic heterocycles. The number of anilines is 3. The second-order valence-electron chi connectivity index (χ2n) is 9.66. The third-order valence-electron chi connectivity index (χ3n) is 7.03. The van der Waals surface area contributed by atoms with Crippen LogP contribution in [-0.4, -0.2) is 43.0 Å². The van der Waals surface area contributed by atoms with E-state index in [2.05, 4.69) is 27.2 Å². The minimum absolute atomic E-state index is 0. The summed E-state index contributed by atoms with van der Waals surface area (Å²) in [6.07, 6.45) is 8.07. The Kier molecular flexibility index (Phi) is 10.8.